The summed E-state index contributed by atoms with van der Waals surface area (Å²) in [6, 6.07) is 14.4. The maximum absolute atomic E-state index is 12.7. The second kappa shape index (κ2) is 7.80. The van der Waals surface area contributed by atoms with E-state index < -0.39 is 21.7 Å². The number of aryl methyl sites for hydroxylation is 1. The zero-order chi connectivity index (χ0) is 18.5. The van der Waals surface area contributed by atoms with Crippen LogP contribution >= 0.6 is 0 Å². The van der Waals surface area contributed by atoms with Crippen LogP contribution in [-0.2, 0) is 24.7 Å². The van der Waals surface area contributed by atoms with E-state index in [0.29, 0.717) is 12.0 Å². The summed E-state index contributed by atoms with van der Waals surface area (Å²) >= 11 is 0. The second-order valence-electron chi connectivity index (χ2n) is 5.95. The van der Waals surface area contributed by atoms with Gasteiger partial charge >= 0.3 is 5.97 Å². The van der Waals surface area contributed by atoms with Crippen LogP contribution in [0.15, 0.2) is 59.5 Å². The van der Waals surface area contributed by atoms with Gasteiger partial charge in [0.25, 0.3) is 10.1 Å². The Labute approximate surface area is 148 Å². The fourth-order valence-electron chi connectivity index (χ4n) is 2.57. The van der Waals surface area contributed by atoms with Crippen LogP contribution in [0.3, 0.4) is 0 Å². The van der Waals surface area contributed by atoms with E-state index in [9.17, 15) is 18.3 Å². The van der Waals surface area contributed by atoms with Crippen molar-refractivity contribution in [2.24, 2.45) is 0 Å². The maximum Gasteiger partial charge on any atom is 0.342 e. The average molecular weight is 362 g/mol. The molecular formula is C19H22O5S. The van der Waals surface area contributed by atoms with Crippen molar-refractivity contribution < 1.29 is 22.5 Å². The molecule has 2 aromatic rings. The van der Waals surface area contributed by atoms with E-state index in [2.05, 4.69) is 0 Å². The molecule has 0 radical (unpaired) electrons. The molecule has 2 rings (SSSR count). The molecule has 0 saturated heterocycles. The van der Waals surface area contributed by atoms with E-state index in [1.54, 1.807) is 42.5 Å². The monoisotopic (exact) mass is 362 g/mol. The van der Waals surface area contributed by atoms with Gasteiger partial charge in [0, 0.05) is 0 Å². The first-order chi connectivity index (χ1) is 11.8. The number of rotatable bonds is 8. The van der Waals surface area contributed by atoms with Gasteiger partial charge < -0.3 is 5.11 Å². The predicted molar refractivity (Wildman–Crippen MR) is 94.7 cm³/mol. The minimum absolute atomic E-state index is 0.0591. The van der Waals surface area contributed by atoms with Crippen LogP contribution in [0.25, 0.3) is 0 Å². The Bertz CT molecular complexity index is 813. The number of hydrogen-bond donors (Lipinski definition) is 1. The van der Waals surface area contributed by atoms with Gasteiger partial charge in [0.2, 0.25) is 5.60 Å². The van der Waals surface area contributed by atoms with Crippen molar-refractivity contribution in [2.75, 3.05) is 0 Å². The molecule has 5 nitrogen and oxygen atoms in total. The number of benzene rings is 2. The summed E-state index contributed by atoms with van der Waals surface area (Å²) < 4.78 is 30.8. The fraction of sp³-hybridized carbons (Fsp3) is 0.316. The average Bonchev–Trinajstić information content (AvgIpc) is 2.59. The summed E-state index contributed by atoms with van der Waals surface area (Å²) in [5.74, 6) is -1.32. The number of carboxylic acids is 1. The molecule has 1 N–H and O–H groups in total. The quantitative estimate of drug-likeness (QED) is 0.721. The lowest BCUT2D eigenvalue weighted by atomic mass is 9.89. The zero-order valence-electron chi connectivity index (χ0n) is 14.3. The highest BCUT2D eigenvalue weighted by atomic mass is 32.2. The van der Waals surface area contributed by atoms with E-state index in [4.69, 9.17) is 4.18 Å². The Kier molecular flexibility index (Phi) is 5.98. The molecule has 1 atom stereocenters. The van der Waals surface area contributed by atoms with Crippen LogP contribution in [0.1, 0.15) is 37.3 Å². The van der Waals surface area contributed by atoms with Gasteiger partial charge in [-0.3, -0.25) is 0 Å². The van der Waals surface area contributed by atoms with Crippen LogP contribution in [0.2, 0.25) is 0 Å². The van der Waals surface area contributed by atoms with Crippen LogP contribution < -0.4 is 0 Å². The molecule has 0 aliphatic rings. The highest BCUT2D eigenvalue weighted by Crippen LogP contribution is 2.35. The van der Waals surface area contributed by atoms with E-state index in [0.717, 1.165) is 12.0 Å². The number of hydrogen-bond acceptors (Lipinski definition) is 4. The Morgan fingerprint density at radius 1 is 1.08 bits per heavy atom. The van der Waals surface area contributed by atoms with Gasteiger partial charge in [-0.15, -0.1) is 0 Å². The summed E-state index contributed by atoms with van der Waals surface area (Å²) in [7, 11) is -4.24. The Balaban J connectivity index is 2.51. The summed E-state index contributed by atoms with van der Waals surface area (Å²) in [5.41, 5.74) is -0.731. The predicted octanol–water partition coefficient (Wildman–Crippen LogP) is 3.87. The molecular weight excluding hydrogens is 340 g/mol. The third kappa shape index (κ3) is 4.27. The first kappa shape index (κ1) is 19.1. The van der Waals surface area contributed by atoms with Gasteiger partial charge in [-0.25, -0.2) is 8.98 Å². The molecule has 25 heavy (non-hydrogen) atoms. The molecule has 0 aliphatic carbocycles. The van der Waals surface area contributed by atoms with Crippen LogP contribution in [-0.4, -0.2) is 19.5 Å². The first-order valence-electron chi connectivity index (χ1n) is 8.13. The van der Waals surface area contributed by atoms with E-state index in [1.165, 1.54) is 12.1 Å². The highest BCUT2D eigenvalue weighted by molar-refractivity contribution is 7.86. The number of unbranched alkanes of at least 4 members (excludes halogenated alkanes) is 1. The molecule has 0 saturated carbocycles. The van der Waals surface area contributed by atoms with Crippen molar-refractivity contribution in [3.8, 4) is 0 Å². The molecule has 6 heteroatoms. The number of carboxylic acid groups (broad SMARTS) is 1. The van der Waals surface area contributed by atoms with Crippen molar-refractivity contribution in [1.29, 1.82) is 0 Å². The van der Waals surface area contributed by atoms with E-state index >= 15 is 0 Å². The minimum Gasteiger partial charge on any atom is -0.479 e. The van der Waals surface area contributed by atoms with Gasteiger partial charge in [0.05, 0.1) is 4.90 Å². The second-order valence-corrected chi connectivity index (χ2v) is 7.50. The van der Waals surface area contributed by atoms with Crippen molar-refractivity contribution in [3.63, 3.8) is 0 Å². The van der Waals surface area contributed by atoms with Gasteiger partial charge in [0.1, 0.15) is 0 Å². The lowest BCUT2D eigenvalue weighted by Gasteiger charge is -2.29. The third-order valence-electron chi connectivity index (χ3n) is 4.03. The van der Waals surface area contributed by atoms with Crippen LogP contribution in [0.4, 0.5) is 0 Å². The lowest BCUT2D eigenvalue weighted by molar-refractivity contribution is -0.157. The van der Waals surface area contributed by atoms with Crippen LogP contribution in [0.5, 0.6) is 0 Å². The van der Waals surface area contributed by atoms with Gasteiger partial charge in [-0.2, -0.15) is 8.42 Å². The number of aliphatic carboxylic acids is 1. The fourth-order valence-corrected chi connectivity index (χ4v) is 3.76. The topological polar surface area (TPSA) is 80.7 Å². The zero-order valence-corrected chi connectivity index (χ0v) is 15.1. The minimum atomic E-state index is -4.24. The number of carbonyl (C=O) groups is 1. The molecule has 2 aromatic carbocycles. The van der Waals surface area contributed by atoms with E-state index in [1.807, 2.05) is 13.8 Å². The lowest BCUT2D eigenvalue weighted by Crippen LogP contribution is -2.40. The molecule has 0 spiro atoms. The summed E-state index contributed by atoms with van der Waals surface area (Å²) in [6.45, 7) is 3.75. The Morgan fingerprint density at radius 3 is 2.20 bits per heavy atom. The Morgan fingerprint density at radius 2 is 1.68 bits per heavy atom. The van der Waals surface area contributed by atoms with E-state index in [-0.39, 0.29) is 11.3 Å². The molecule has 0 bridgehead atoms. The van der Waals surface area contributed by atoms with Crippen molar-refractivity contribution in [1.82, 2.24) is 0 Å². The largest absolute Gasteiger partial charge is 0.479 e. The summed E-state index contributed by atoms with van der Waals surface area (Å²) in [5, 5.41) is 9.87. The van der Waals surface area contributed by atoms with Gasteiger partial charge in [-0.1, -0.05) is 61.4 Å². The van der Waals surface area contributed by atoms with Crippen molar-refractivity contribution in [3.05, 3.63) is 65.7 Å². The van der Waals surface area contributed by atoms with Crippen molar-refractivity contribution in [2.45, 2.75) is 43.6 Å². The normalized spacial score (nSPS) is 14.0. The summed E-state index contributed by atoms with van der Waals surface area (Å²) in [6.07, 6.45) is 1.30. The standard InChI is InChI=1S/C19H22O5S/c1-3-4-14-19(18(20)21,16-8-6-5-7-9-16)24-25(22,23)17-12-10-15(2)11-13-17/h5-13H,3-4,14H2,1-2H3,(H,20,21). The van der Waals surface area contributed by atoms with Crippen molar-refractivity contribution >= 4 is 16.1 Å². The van der Waals surface area contributed by atoms with Gasteiger partial charge in [0.15, 0.2) is 0 Å². The summed E-state index contributed by atoms with van der Waals surface area (Å²) in [4.78, 5) is 12.0. The smallest absolute Gasteiger partial charge is 0.342 e. The molecule has 1 unspecified atom stereocenters. The molecule has 0 heterocycles. The molecule has 0 amide bonds. The first-order valence-corrected chi connectivity index (χ1v) is 9.54. The third-order valence-corrected chi connectivity index (χ3v) is 5.38. The SMILES string of the molecule is CCCCC(OS(=O)(=O)c1ccc(C)cc1)(C(=O)O)c1ccccc1. The molecule has 0 fully saturated rings. The molecule has 134 valence electrons. The maximum atomic E-state index is 12.7. The Hall–Kier alpha value is -2.18. The van der Waals surface area contributed by atoms with Crippen LogP contribution in [0, 0.1) is 6.92 Å². The van der Waals surface area contributed by atoms with Gasteiger partial charge in [-0.05, 0) is 37.5 Å². The molecule has 0 aromatic heterocycles. The molecule has 0 aliphatic heterocycles. The highest BCUT2D eigenvalue weighted by Gasteiger charge is 2.45.